The van der Waals surface area contributed by atoms with Crippen LogP contribution in [-0.4, -0.2) is 30.8 Å². The minimum Gasteiger partial charge on any atom is -0.322 e. The normalized spacial score (nSPS) is 15.7. The topological polar surface area (TPSA) is 69.7 Å². The number of carbonyl (C=O) groups excluding carboxylic acids is 3. The van der Waals surface area contributed by atoms with E-state index in [0.717, 1.165) is 29.8 Å². The Morgan fingerprint density at radius 3 is 2.68 bits per heavy atom. The van der Waals surface area contributed by atoms with Gasteiger partial charge >= 0.3 is 0 Å². The van der Waals surface area contributed by atoms with E-state index in [2.05, 4.69) is 5.32 Å². The number of hydrogen-bond acceptors (Lipinski definition) is 3. The molecule has 4 rings (SSSR count). The highest BCUT2D eigenvalue weighted by atomic mass is 16.2. The smallest absolute Gasteiger partial charge is 0.255 e. The molecule has 0 saturated carbocycles. The van der Waals surface area contributed by atoms with Crippen molar-refractivity contribution in [1.82, 2.24) is 0 Å². The van der Waals surface area contributed by atoms with Crippen LogP contribution in [0.25, 0.3) is 0 Å². The van der Waals surface area contributed by atoms with Gasteiger partial charge in [0.05, 0.1) is 0 Å². The number of carbonyl (C=O) groups is 3. The van der Waals surface area contributed by atoms with Crippen LogP contribution in [0.5, 0.6) is 0 Å². The Kier molecular flexibility index (Phi) is 4.86. The minimum absolute atomic E-state index is 0.101. The zero-order valence-corrected chi connectivity index (χ0v) is 15.9. The largest absolute Gasteiger partial charge is 0.322 e. The summed E-state index contributed by atoms with van der Waals surface area (Å²) < 4.78 is 0. The Labute approximate surface area is 164 Å². The number of amides is 3. The molecule has 1 N–H and O–H groups in total. The fourth-order valence-electron chi connectivity index (χ4n) is 3.87. The first-order chi connectivity index (χ1) is 13.6. The summed E-state index contributed by atoms with van der Waals surface area (Å²) in [5.41, 5.74) is 3.95. The summed E-state index contributed by atoms with van der Waals surface area (Å²) in [7, 11) is 0. The monoisotopic (exact) mass is 377 g/mol. The number of fused-ring (bicyclic) bond motifs is 1. The first-order valence-electron chi connectivity index (χ1n) is 9.72. The molecule has 28 heavy (non-hydrogen) atoms. The van der Waals surface area contributed by atoms with Crippen molar-refractivity contribution in [1.29, 1.82) is 0 Å². The predicted molar refractivity (Wildman–Crippen MR) is 109 cm³/mol. The summed E-state index contributed by atoms with van der Waals surface area (Å²) in [6.07, 6.45) is 2.66. The van der Waals surface area contributed by atoms with E-state index < -0.39 is 0 Å². The lowest BCUT2D eigenvalue weighted by Crippen LogP contribution is -2.27. The lowest BCUT2D eigenvalue weighted by Gasteiger charge is -2.17. The number of hydrogen-bond donors (Lipinski definition) is 1. The van der Waals surface area contributed by atoms with Gasteiger partial charge in [-0.15, -0.1) is 0 Å². The molecule has 0 aromatic heterocycles. The summed E-state index contributed by atoms with van der Waals surface area (Å²) in [5, 5.41) is 2.92. The number of anilines is 3. The van der Waals surface area contributed by atoms with Gasteiger partial charge in [0.2, 0.25) is 11.8 Å². The average Bonchev–Trinajstić information content (AvgIpc) is 3.33. The Morgan fingerprint density at radius 2 is 1.93 bits per heavy atom. The fourth-order valence-corrected chi connectivity index (χ4v) is 3.87. The molecule has 6 nitrogen and oxygen atoms in total. The average molecular weight is 377 g/mol. The fraction of sp³-hybridized carbons (Fsp3) is 0.318. The molecule has 2 aliphatic rings. The molecule has 1 fully saturated rings. The molecular formula is C22H23N3O3. The highest BCUT2D eigenvalue weighted by Gasteiger charge is 2.25. The second-order valence-corrected chi connectivity index (χ2v) is 7.15. The molecule has 2 aromatic rings. The molecule has 3 amide bonds. The van der Waals surface area contributed by atoms with Gasteiger partial charge in [0.15, 0.2) is 0 Å². The van der Waals surface area contributed by atoms with Gasteiger partial charge in [0.25, 0.3) is 5.91 Å². The van der Waals surface area contributed by atoms with Crippen molar-refractivity contribution >= 4 is 34.8 Å². The van der Waals surface area contributed by atoms with Crippen LogP contribution in [0.4, 0.5) is 17.1 Å². The summed E-state index contributed by atoms with van der Waals surface area (Å²) in [6, 6.07) is 12.8. The molecule has 6 heteroatoms. The Morgan fingerprint density at radius 1 is 1.07 bits per heavy atom. The van der Waals surface area contributed by atoms with Gasteiger partial charge in [-0.25, -0.2) is 0 Å². The summed E-state index contributed by atoms with van der Waals surface area (Å²) in [5.74, 6) is 0.0190. The van der Waals surface area contributed by atoms with Gasteiger partial charge in [-0.3, -0.25) is 14.4 Å². The van der Waals surface area contributed by atoms with Crippen molar-refractivity contribution in [3.05, 3.63) is 53.6 Å². The van der Waals surface area contributed by atoms with Crippen molar-refractivity contribution in [2.45, 2.75) is 32.6 Å². The van der Waals surface area contributed by atoms with Crippen molar-refractivity contribution in [2.24, 2.45) is 0 Å². The van der Waals surface area contributed by atoms with E-state index in [4.69, 9.17) is 0 Å². The molecular weight excluding hydrogens is 354 g/mol. The number of benzene rings is 2. The minimum atomic E-state index is -0.201. The van der Waals surface area contributed by atoms with Gasteiger partial charge in [0.1, 0.15) is 0 Å². The van der Waals surface area contributed by atoms with E-state index >= 15 is 0 Å². The lowest BCUT2D eigenvalue weighted by molar-refractivity contribution is -0.118. The maximum Gasteiger partial charge on any atom is 0.255 e. The second kappa shape index (κ2) is 7.46. The molecule has 144 valence electrons. The second-order valence-electron chi connectivity index (χ2n) is 7.15. The van der Waals surface area contributed by atoms with E-state index in [1.165, 1.54) is 0 Å². The van der Waals surface area contributed by atoms with Crippen LogP contribution in [0.15, 0.2) is 42.5 Å². The van der Waals surface area contributed by atoms with E-state index in [0.29, 0.717) is 37.2 Å². The standard InChI is InChI=1S/C22H23N3O3/c1-2-20(26)25-12-10-15-13-16(8-9-19(15)25)22(28)23-17-5-3-6-18(14-17)24-11-4-7-21(24)27/h3,5-6,8-9,13-14H,2,4,7,10-12H2,1H3,(H,23,28). The number of nitrogens with zero attached hydrogens (tertiary/aromatic N) is 2. The van der Waals surface area contributed by atoms with Gasteiger partial charge in [-0.05, 0) is 54.8 Å². The van der Waals surface area contributed by atoms with Crippen molar-refractivity contribution < 1.29 is 14.4 Å². The van der Waals surface area contributed by atoms with Gasteiger partial charge in [-0.2, -0.15) is 0 Å². The van der Waals surface area contributed by atoms with Crippen molar-refractivity contribution in [3.8, 4) is 0 Å². The van der Waals surface area contributed by atoms with Crippen molar-refractivity contribution in [2.75, 3.05) is 28.2 Å². The first-order valence-corrected chi connectivity index (χ1v) is 9.72. The number of rotatable bonds is 4. The third-order valence-electron chi connectivity index (χ3n) is 5.33. The zero-order valence-electron chi connectivity index (χ0n) is 15.9. The van der Waals surface area contributed by atoms with Crippen LogP contribution in [0, 0.1) is 0 Å². The molecule has 0 radical (unpaired) electrons. The number of nitrogens with one attached hydrogen (secondary N) is 1. The maximum atomic E-state index is 12.7. The van der Waals surface area contributed by atoms with Crippen LogP contribution in [0.1, 0.15) is 42.1 Å². The Hall–Kier alpha value is -3.15. The maximum absolute atomic E-state index is 12.7. The van der Waals surface area contributed by atoms with E-state index in [1.807, 2.05) is 43.3 Å². The van der Waals surface area contributed by atoms with Crippen molar-refractivity contribution in [3.63, 3.8) is 0 Å². The quantitative estimate of drug-likeness (QED) is 0.888. The third kappa shape index (κ3) is 3.38. The van der Waals surface area contributed by atoms with Crippen LogP contribution >= 0.6 is 0 Å². The Balaban J connectivity index is 1.50. The first kappa shape index (κ1) is 18.2. The molecule has 2 heterocycles. The highest BCUT2D eigenvalue weighted by molar-refractivity contribution is 6.06. The molecule has 0 spiro atoms. The molecule has 1 saturated heterocycles. The third-order valence-corrected chi connectivity index (χ3v) is 5.33. The molecule has 0 atom stereocenters. The van der Waals surface area contributed by atoms with Gasteiger partial charge < -0.3 is 15.1 Å². The van der Waals surface area contributed by atoms with Crippen LogP contribution < -0.4 is 15.1 Å². The van der Waals surface area contributed by atoms with E-state index in [1.54, 1.807) is 15.9 Å². The summed E-state index contributed by atoms with van der Waals surface area (Å²) in [6.45, 7) is 3.24. The van der Waals surface area contributed by atoms with Crippen LogP contribution in [0.3, 0.4) is 0 Å². The summed E-state index contributed by atoms with van der Waals surface area (Å²) in [4.78, 5) is 40.2. The molecule has 2 aromatic carbocycles. The molecule has 0 bridgehead atoms. The van der Waals surface area contributed by atoms with Gasteiger partial charge in [-0.1, -0.05) is 13.0 Å². The SMILES string of the molecule is CCC(=O)N1CCc2cc(C(=O)Nc3cccc(N4CCCC4=O)c3)ccc21. The highest BCUT2D eigenvalue weighted by Crippen LogP contribution is 2.30. The molecule has 0 unspecified atom stereocenters. The predicted octanol–water partition coefficient (Wildman–Crippen LogP) is 3.36. The Bertz CT molecular complexity index is 954. The van der Waals surface area contributed by atoms with E-state index in [-0.39, 0.29) is 17.7 Å². The molecule has 2 aliphatic heterocycles. The van der Waals surface area contributed by atoms with Crippen LogP contribution in [-0.2, 0) is 16.0 Å². The van der Waals surface area contributed by atoms with E-state index in [9.17, 15) is 14.4 Å². The summed E-state index contributed by atoms with van der Waals surface area (Å²) >= 11 is 0. The lowest BCUT2D eigenvalue weighted by atomic mass is 10.1. The van der Waals surface area contributed by atoms with Crippen LogP contribution in [0.2, 0.25) is 0 Å². The van der Waals surface area contributed by atoms with Gasteiger partial charge in [0, 0.05) is 48.6 Å². The zero-order chi connectivity index (χ0) is 19.7. The molecule has 0 aliphatic carbocycles.